The number of ether oxygens (including phenoxy) is 1. The highest BCUT2D eigenvalue weighted by Crippen LogP contribution is 2.30. The molecule has 0 aliphatic rings. The summed E-state index contributed by atoms with van der Waals surface area (Å²) < 4.78 is 6.29. The van der Waals surface area contributed by atoms with Gasteiger partial charge in [-0.3, -0.25) is 0 Å². The van der Waals surface area contributed by atoms with Crippen LogP contribution in [0.4, 0.5) is 0 Å². The molecule has 1 rings (SSSR count). The molecule has 20 heavy (non-hydrogen) atoms. The lowest BCUT2D eigenvalue weighted by atomic mass is 9.86. The van der Waals surface area contributed by atoms with Gasteiger partial charge in [0.2, 0.25) is 0 Å². The van der Waals surface area contributed by atoms with Gasteiger partial charge >= 0.3 is 0 Å². The first kappa shape index (κ1) is 17.0. The van der Waals surface area contributed by atoms with Crippen LogP contribution in [0.2, 0.25) is 0 Å². The number of benzene rings is 1. The third kappa shape index (κ3) is 4.52. The molecule has 0 spiro atoms. The van der Waals surface area contributed by atoms with Crippen LogP contribution in [0, 0.1) is 6.92 Å². The molecule has 0 aromatic heterocycles. The van der Waals surface area contributed by atoms with E-state index in [2.05, 4.69) is 72.0 Å². The van der Waals surface area contributed by atoms with Crippen LogP contribution in [0.25, 0.3) is 0 Å². The molecule has 0 aliphatic carbocycles. The summed E-state index contributed by atoms with van der Waals surface area (Å²) in [6, 6.07) is 6.56. The van der Waals surface area contributed by atoms with Crippen molar-refractivity contribution >= 4 is 0 Å². The zero-order chi connectivity index (χ0) is 15.4. The Bertz CT molecular complexity index is 434. The Morgan fingerprint density at radius 1 is 1.10 bits per heavy atom. The zero-order valence-corrected chi connectivity index (χ0v) is 14.3. The van der Waals surface area contributed by atoms with Crippen LogP contribution in [-0.4, -0.2) is 18.7 Å². The predicted molar refractivity (Wildman–Crippen MR) is 87.7 cm³/mol. The lowest BCUT2D eigenvalue weighted by molar-refractivity contribution is 0.0833. The summed E-state index contributed by atoms with van der Waals surface area (Å²) in [4.78, 5) is 0. The second kappa shape index (κ2) is 6.62. The average Bonchev–Trinajstić information content (AvgIpc) is 2.37. The Hall–Kier alpha value is -1.02. The molecule has 0 fully saturated rings. The molecule has 2 heteroatoms. The smallest absolute Gasteiger partial charge is 0.123 e. The van der Waals surface area contributed by atoms with E-state index in [1.54, 1.807) is 0 Å². The van der Waals surface area contributed by atoms with E-state index < -0.39 is 0 Å². The molecule has 0 bridgehead atoms. The first-order valence-electron chi connectivity index (χ1n) is 7.72. The van der Waals surface area contributed by atoms with E-state index in [4.69, 9.17) is 4.74 Å². The predicted octanol–water partition coefficient (Wildman–Crippen LogP) is 4.45. The number of likely N-dealkylation sites (N-methyl/N-ethyl adjacent to an activating group) is 1. The molecule has 0 saturated carbocycles. The van der Waals surface area contributed by atoms with E-state index in [9.17, 15) is 0 Å². The Morgan fingerprint density at radius 2 is 1.75 bits per heavy atom. The van der Waals surface area contributed by atoms with E-state index >= 15 is 0 Å². The summed E-state index contributed by atoms with van der Waals surface area (Å²) in [5.74, 6) is 1.00. The molecular weight excluding hydrogens is 246 g/mol. The zero-order valence-electron chi connectivity index (χ0n) is 14.3. The second-order valence-corrected chi connectivity index (χ2v) is 6.92. The van der Waals surface area contributed by atoms with Crippen molar-refractivity contribution in [3.05, 3.63) is 29.3 Å². The van der Waals surface area contributed by atoms with Gasteiger partial charge in [0, 0.05) is 6.54 Å². The summed E-state index contributed by atoms with van der Waals surface area (Å²) >= 11 is 0. The van der Waals surface area contributed by atoms with Crippen molar-refractivity contribution in [3.8, 4) is 5.75 Å². The average molecular weight is 277 g/mol. The van der Waals surface area contributed by atoms with Crippen molar-refractivity contribution in [2.75, 3.05) is 13.1 Å². The minimum atomic E-state index is -0.149. The van der Waals surface area contributed by atoms with Gasteiger partial charge in [-0.05, 0) is 49.4 Å². The monoisotopic (exact) mass is 277 g/mol. The summed E-state index contributed by atoms with van der Waals surface area (Å²) in [6.45, 7) is 17.2. The van der Waals surface area contributed by atoms with Gasteiger partial charge in [0.1, 0.15) is 11.4 Å². The first-order valence-corrected chi connectivity index (χ1v) is 7.72. The summed E-state index contributed by atoms with van der Waals surface area (Å²) in [7, 11) is 0. The van der Waals surface area contributed by atoms with Crippen LogP contribution in [0.3, 0.4) is 0 Å². The molecule has 1 aromatic rings. The standard InChI is InChI=1S/C18H31NO/c1-8-18(7,13-19-9-2)20-16-11-10-15(12-14(16)3)17(4,5)6/h10-12,19H,8-9,13H2,1-7H3. The van der Waals surface area contributed by atoms with E-state index in [0.29, 0.717) is 0 Å². The number of aryl methyl sites for hydroxylation is 1. The molecule has 0 amide bonds. The highest BCUT2D eigenvalue weighted by molar-refractivity contribution is 5.39. The minimum Gasteiger partial charge on any atom is -0.486 e. The fourth-order valence-corrected chi connectivity index (χ4v) is 2.12. The van der Waals surface area contributed by atoms with Crippen LogP contribution < -0.4 is 10.1 Å². The quantitative estimate of drug-likeness (QED) is 0.829. The largest absolute Gasteiger partial charge is 0.486 e. The maximum absolute atomic E-state index is 6.29. The maximum atomic E-state index is 6.29. The van der Waals surface area contributed by atoms with Crippen molar-refractivity contribution in [3.63, 3.8) is 0 Å². The molecular formula is C18H31NO. The number of hydrogen-bond donors (Lipinski definition) is 1. The fraction of sp³-hybridized carbons (Fsp3) is 0.667. The number of nitrogens with one attached hydrogen (secondary N) is 1. The third-order valence-corrected chi connectivity index (χ3v) is 3.89. The van der Waals surface area contributed by atoms with Crippen LogP contribution in [0.15, 0.2) is 18.2 Å². The van der Waals surface area contributed by atoms with E-state index in [0.717, 1.165) is 25.3 Å². The Kier molecular flexibility index (Phi) is 5.64. The van der Waals surface area contributed by atoms with E-state index in [1.807, 2.05) is 0 Å². The first-order chi connectivity index (χ1) is 9.22. The summed E-state index contributed by atoms with van der Waals surface area (Å²) in [5.41, 5.74) is 2.60. The molecule has 1 aromatic carbocycles. The van der Waals surface area contributed by atoms with Gasteiger partial charge in [-0.2, -0.15) is 0 Å². The molecule has 0 radical (unpaired) electrons. The van der Waals surface area contributed by atoms with Gasteiger partial charge in [-0.25, -0.2) is 0 Å². The van der Waals surface area contributed by atoms with Crippen molar-refractivity contribution < 1.29 is 4.74 Å². The van der Waals surface area contributed by atoms with Gasteiger partial charge < -0.3 is 10.1 Å². The Morgan fingerprint density at radius 3 is 2.20 bits per heavy atom. The third-order valence-electron chi connectivity index (χ3n) is 3.89. The van der Waals surface area contributed by atoms with Gasteiger partial charge in [0.25, 0.3) is 0 Å². The van der Waals surface area contributed by atoms with Crippen LogP contribution in [0.5, 0.6) is 5.75 Å². The normalized spacial score (nSPS) is 14.9. The lowest BCUT2D eigenvalue weighted by Gasteiger charge is -2.31. The topological polar surface area (TPSA) is 21.3 Å². The molecule has 1 N–H and O–H groups in total. The highest BCUT2D eigenvalue weighted by atomic mass is 16.5. The Labute approximate surface area is 124 Å². The van der Waals surface area contributed by atoms with E-state index in [-0.39, 0.29) is 11.0 Å². The van der Waals surface area contributed by atoms with Gasteiger partial charge in [-0.1, -0.05) is 46.8 Å². The van der Waals surface area contributed by atoms with Gasteiger partial charge in [-0.15, -0.1) is 0 Å². The van der Waals surface area contributed by atoms with E-state index in [1.165, 1.54) is 11.1 Å². The highest BCUT2D eigenvalue weighted by Gasteiger charge is 2.24. The van der Waals surface area contributed by atoms with Crippen LogP contribution in [0.1, 0.15) is 59.1 Å². The molecule has 0 aliphatic heterocycles. The van der Waals surface area contributed by atoms with Crippen molar-refractivity contribution in [1.82, 2.24) is 5.32 Å². The Balaban J connectivity index is 2.92. The van der Waals surface area contributed by atoms with Crippen LogP contribution >= 0.6 is 0 Å². The maximum Gasteiger partial charge on any atom is 0.123 e. The number of rotatable bonds is 6. The molecule has 0 heterocycles. The molecule has 2 nitrogen and oxygen atoms in total. The minimum absolute atomic E-state index is 0.149. The van der Waals surface area contributed by atoms with Crippen molar-refractivity contribution in [1.29, 1.82) is 0 Å². The molecule has 1 unspecified atom stereocenters. The van der Waals surface area contributed by atoms with Gasteiger partial charge in [0.15, 0.2) is 0 Å². The lowest BCUT2D eigenvalue weighted by Crippen LogP contribution is -2.42. The molecule has 114 valence electrons. The van der Waals surface area contributed by atoms with Crippen molar-refractivity contribution in [2.45, 2.75) is 65.9 Å². The van der Waals surface area contributed by atoms with Crippen molar-refractivity contribution in [2.24, 2.45) is 0 Å². The van der Waals surface area contributed by atoms with Gasteiger partial charge in [0.05, 0.1) is 0 Å². The van der Waals surface area contributed by atoms with Crippen LogP contribution in [-0.2, 0) is 5.41 Å². The SMILES string of the molecule is CCNCC(C)(CC)Oc1ccc(C(C)(C)C)cc1C. The molecule has 0 saturated heterocycles. The fourth-order valence-electron chi connectivity index (χ4n) is 2.12. The second-order valence-electron chi connectivity index (χ2n) is 6.92. The molecule has 1 atom stereocenters. The summed E-state index contributed by atoms with van der Waals surface area (Å²) in [5, 5.41) is 3.39. The number of hydrogen-bond acceptors (Lipinski definition) is 2. The summed E-state index contributed by atoms with van der Waals surface area (Å²) in [6.07, 6.45) is 0.987.